The molecule has 0 saturated carbocycles. The van der Waals surface area contributed by atoms with E-state index in [2.05, 4.69) is 21.2 Å². The van der Waals surface area contributed by atoms with Crippen molar-refractivity contribution in [1.29, 1.82) is 0 Å². The Hall–Kier alpha value is -3.49. The Balaban J connectivity index is 1.25. The lowest BCUT2D eigenvalue weighted by Crippen LogP contribution is -2.47. The molecule has 216 valence electrons. The fourth-order valence-corrected chi connectivity index (χ4v) is 7.58. The SMILES string of the molecule is CCCC[C@H](C(=O)OCC(=O)Nc1cc(Cl)c(Br)cc1C)N1C(=O)[C@@H]2C3c4ccccc4C(c4ccccc43)[C@@H]2C1=O. The number of anilines is 1. The van der Waals surface area contributed by atoms with E-state index in [4.69, 9.17) is 16.3 Å². The third-order valence-electron chi connectivity index (χ3n) is 8.78. The number of likely N-dealkylation sites (tertiary alicyclic amines) is 1. The smallest absolute Gasteiger partial charge is 0.329 e. The maximum absolute atomic E-state index is 14.1. The van der Waals surface area contributed by atoms with Crippen LogP contribution in [-0.4, -0.2) is 41.2 Å². The van der Waals surface area contributed by atoms with Gasteiger partial charge in [-0.25, -0.2) is 4.79 Å². The van der Waals surface area contributed by atoms with E-state index >= 15 is 0 Å². The van der Waals surface area contributed by atoms with Gasteiger partial charge in [-0.1, -0.05) is 79.9 Å². The molecule has 7 nitrogen and oxygen atoms in total. The number of carbonyl (C=O) groups excluding carboxylic acids is 4. The standard InChI is InChI=1S/C33H30BrClN2O5/c1-3-4-13-25(33(41)42-16-26(38)36-24-15-23(35)22(34)14-17(24)2)37-31(39)29-27-18-9-5-6-10-19(18)28(30(29)32(37)40)21-12-8-7-11-20(21)27/h5-12,14-15,25,27-30H,3-4,13,16H2,1-2H3,(H,36,38)/t25-,27?,28?,29-,30+/m1/s1. The molecule has 1 saturated heterocycles. The second-order valence-electron chi connectivity index (χ2n) is 11.2. The number of aryl methyl sites for hydroxylation is 1. The molecule has 3 aromatic carbocycles. The van der Waals surface area contributed by atoms with Crippen molar-refractivity contribution in [3.63, 3.8) is 0 Å². The van der Waals surface area contributed by atoms with Crippen LogP contribution in [0.3, 0.4) is 0 Å². The zero-order valence-corrected chi connectivity index (χ0v) is 25.6. The summed E-state index contributed by atoms with van der Waals surface area (Å²) >= 11 is 9.52. The summed E-state index contributed by atoms with van der Waals surface area (Å²) in [6, 6.07) is 18.3. The van der Waals surface area contributed by atoms with Gasteiger partial charge < -0.3 is 10.1 Å². The number of hydrogen-bond donors (Lipinski definition) is 1. The first-order valence-corrected chi connectivity index (χ1v) is 15.4. The van der Waals surface area contributed by atoms with E-state index in [1.165, 1.54) is 0 Å². The highest BCUT2D eigenvalue weighted by Gasteiger charge is 2.63. The van der Waals surface area contributed by atoms with Gasteiger partial charge in [-0.05, 0) is 69.2 Å². The summed E-state index contributed by atoms with van der Waals surface area (Å²) < 4.78 is 6.14. The molecule has 2 bridgehead atoms. The van der Waals surface area contributed by atoms with Gasteiger partial charge in [0.1, 0.15) is 6.04 Å². The topological polar surface area (TPSA) is 92.8 Å². The van der Waals surface area contributed by atoms with Crippen LogP contribution in [0.5, 0.6) is 0 Å². The van der Waals surface area contributed by atoms with Crippen molar-refractivity contribution in [2.75, 3.05) is 11.9 Å². The molecule has 0 unspecified atom stereocenters. The van der Waals surface area contributed by atoms with Gasteiger partial charge >= 0.3 is 5.97 Å². The van der Waals surface area contributed by atoms with E-state index in [0.717, 1.165) is 39.1 Å². The fraction of sp³-hybridized carbons (Fsp3) is 0.333. The summed E-state index contributed by atoms with van der Waals surface area (Å²) in [6.45, 7) is 3.24. The number of benzene rings is 3. The minimum atomic E-state index is -1.10. The van der Waals surface area contributed by atoms with Crippen molar-refractivity contribution in [1.82, 2.24) is 4.90 Å². The Morgan fingerprint density at radius 1 is 0.952 bits per heavy atom. The van der Waals surface area contributed by atoms with Gasteiger partial charge in [-0.15, -0.1) is 0 Å². The molecule has 3 aromatic rings. The highest BCUT2D eigenvalue weighted by Crippen LogP contribution is 2.61. The zero-order chi connectivity index (χ0) is 29.7. The normalized spacial score (nSPS) is 22.3. The molecule has 1 fully saturated rings. The summed E-state index contributed by atoms with van der Waals surface area (Å²) in [5.41, 5.74) is 5.54. The maximum Gasteiger partial charge on any atom is 0.329 e. The second-order valence-corrected chi connectivity index (χ2v) is 12.5. The van der Waals surface area contributed by atoms with E-state index in [1.807, 2.05) is 62.4 Å². The van der Waals surface area contributed by atoms with Gasteiger partial charge in [0, 0.05) is 22.0 Å². The van der Waals surface area contributed by atoms with Crippen LogP contribution in [-0.2, 0) is 23.9 Å². The van der Waals surface area contributed by atoms with Gasteiger partial charge in [0.15, 0.2) is 6.61 Å². The van der Waals surface area contributed by atoms with Gasteiger partial charge in [-0.3, -0.25) is 19.3 Å². The fourth-order valence-electron chi connectivity index (χ4n) is 6.96. The van der Waals surface area contributed by atoms with Crippen LogP contribution < -0.4 is 5.32 Å². The largest absolute Gasteiger partial charge is 0.454 e. The third-order valence-corrected chi connectivity index (χ3v) is 9.98. The van der Waals surface area contributed by atoms with Crippen molar-refractivity contribution in [3.8, 4) is 0 Å². The van der Waals surface area contributed by atoms with Crippen LogP contribution in [0.25, 0.3) is 0 Å². The molecule has 0 radical (unpaired) electrons. The van der Waals surface area contributed by atoms with Gasteiger partial charge in [0.05, 0.1) is 16.9 Å². The van der Waals surface area contributed by atoms with Gasteiger partial charge in [0.25, 0.3) is 5.91 Å². The number of esters is 1. The molecule has 1 N–H and O–H groups in total. The summed E-state index contributed by atoms with van der Waals surface area (Å²) in [5.74, 6) is -3.68. The molecule has 3 atom stereocenters. The molecule has 0 aromatic heterocycles. The Morgan fingerprint density at radius 2 is 1.48 bits per heavy atom. The minimum Gasteiger partial charge on any atom is -0.454 e. The maximum atomic E-state index is 14.1. The van der Waals surface area contributed by atoms with Gasteiger partial charge in [0.2, 0.25) is 11.8 Å². The first kappa shape index (κ1) is 28.6. The Morgan fingerprint density at radius 3 is 1.98 bits per heavy atom. The Kier molecular flexibility index (Phi) is 7.70. The van der Waals surface area contributed by atoms with Crippen LogP contribution >= 0.6 is 27.5 Å². The number of rotatable bonds is 8. The number of imide groups is 1. The summed E-state index contributed by atoms with van der Waals surface area (Å²) in [4.78, 5) is 55.7. The molecule has 42 heavy (non-hydrogen) atoms. The molecule has 3 amide bonds. The molecule has 9 heteroatoms. The molecule has 1 aliphatic heterocycles. The van der Waals surface area contributed by atoms with Crippen LogP contribution in [0.15, 0.2) is 65.1 Å². The number of amides is 3. The lowest BCUT2D eigenvalue weighted by atomic mass is 9.55. The van der Waals surface area contributed by atoms with Crippen LogP contribution in [0.2, 0.25) is 5.02 Å². The highest BCUT2D eigenvalue weighted by molar-refractivity contribution is 9.10. The number of halogens is 2. The summed E-state index contributed by atoms with van der Waals surface area (Å²) in [7, 11) is 0. The molecule has 0 spiro atoms. The first-order valence-electron chi connectivity index (χ1n) is 14.2. The number of carbonyl (C=O) groups is 4. The molecule has 3 aliphatic carbocycles. The number of ether oxygens (including phenoxy) is 1. The van der Waals surface area contributed by atoms with Crippen LogP contribution in [0.4, 0.5) is 5.69 Å². The Bertz CT molecular complexity index is 1510. The van der Waals surface area contributed by atoms with E-state index < -0.39 is 36.4 Å². The lowest BCUT2D eigenvalue weighted by Gasteiger charge is -2.45. The van der Waals surface area contributed by atoms with Gasteiger partial charge in [-0.2, -0.15) is 0 Å². The Labute approximate surface area is 257 Å². The minimum absolute atomic E-state index is 0.261. The van der Waals surface area contributed by atoms with Crippen molar-refractivity contribution in [2.45, 2.75) is 51.0 Å². The number of hydrogen-bond acceptors (Lipinski definition) is 5. The molecular weight excluding hydrogens is 620 g/mol. The van der Waals surface area contributed by atoms with Crippen molar-refractivity contribution in [3.05, 3.63) is 98.0 Å². The number of nitrogens with zero attached hydrogens (tertiary/aromatic N) is 1. The van der Waals surface area contributed by atoms with E-state index in [-0.39, 0.29) is 30.1 Å². The first-order chi connectivity index (χ1) is 20.2. The summed E-state index contributed by atoms with van der Waals surface area (Å²) in [6.07, 6.45) is 1.64. The quantitative estimate of drug-likeness (QED) is 0.227. The zero-order valence-electron chi connectivity index (χ0n) is 23.2. The van der Waals surface area contributed by atoms with E-state index in [1.54, 1.807) is 12.1 Å². The average Bonchev–Trinajstić information content (AvgIpc) is 3.25. The van der Waals surface area contributed by atoms with Crippen LogP contribution in [0, 0.1) is 18.8 Å². The van der Waals surface area contributed by atoms with Crippen LogP contribution in [0.1, 0.15) is 65.8 Å². The molecule has 4 aliphatic rings. The molecular formula is C33H30BrClN2O5. The lowest BCUT2D eigenvalue weighted by molar-refractivity contribution is -0.160. The monoisotopic (exact) mass is 648 g/mol. The van der Waals surface area contributed by atoms with E-state index in [9.17, 15) is 19.2 Å². The predicted octanol–water partition coefficient (Wildman–Crippen LogP) is 6.34. The highest BCUT2D eigenvalue weighted by atomic mass is 79.9. The average molecular weight is 650 g/mol. The second kappa shape index (κ2) is 11.3. The summed E-state index contributed by atoms with van der Waals surface area (Å²) in [5, 5.41) is 3.14. The third kappa shape index (κ3) is 4.65. The van der Waals surface area contributed by atoms with Crippen molar-refractivity contribution >= 4 is 56.9 Å². The van der Waals surface area contributed by atoms with Crippen molar-refractivity contribution in [2.24, 2.45) is 11.8 Å². The van der Waals surface area contributed by atoms with E-state index in [0.29, 0.717) is 21.6 Å². The number of nitrogens with one attached hydrogen (secondary N) is 1. The molecule has 1 heterocycles. The number of unbranched alkanes of at least 4 members (excludes halogenated alkanes) is 1. The molecule has 7 rings (SSSR count). The predicted molar refractivity (Wildman–Crippen MR) is 162 cm³/mol. The van der Waals surface area contributed by atoms with Crippen molar-refractivity contribution < 1.29 is 23.9 Å².